The first kappa shape index (κ1) is 20.3. The molecule has 1 aliphatic heterocycles. The molecule has 0 saturated carbocycles. The third kappa shape index (κ3) is 5.09. The summed E-state index contributed by atoms with van der Waals surface area (Å²) in [5, 5.41) is 1.95. The largest absolute Gasteiger partial charge is 0.495 e. The topological polar surface area (TPSA) is 87.7 Å². The third-order valence-electron chi connectivity index (χ3n) is 4.66. The number of para-hydroxylation sites is 1. The second kappa shape index (κ2) is 9.18. The van der Waals surface area contributed by atoms with E-state index in [2.05, 4.69) is 10.1 Å². The summed E-state index contributed by atoms with van der Waals surface area (Å²) in [5.74, 6) is 0.141. The second-order valence-corrected chi connectivity index (χ2v) is 8.40. The van der Waals surface area contributed by atoms with Crippen molar-refractivity contribution in [1.82, 2.24) is 15.2 Å². The van der Waals surface area contributed by atoms with Crippen LogP contribution in [0.2, 0.25) is 0 Å². The van der Waals surface area contributed by atoms with Crippen molar-refractivity contribution in [2.24, 2.45) is 0 Å². The van der Waals surface area contributed by atoms with Gasteiger partial charge in [0.1, 0.15) is 10.6 Å². The van der Waals surface area contributed by atoms with Crippen LogP contribution in [-0.2, 0) is 16.6 Å². The summed E-state index contributed by atoms with van der Waals surface area (Å²) in [5.41, 5.74) is 4.21. The summed E-state index contributed by atoms with van der Waals surface area (Å²) >= 11 is 0. The van der Waals surface area contributed by atoms with Gasteiger partial charge < -0.3 is 4.74 Å². The highest BCUT2D eigenvalue weighted by atomic mass is 32.2. The Morgan fingerprint density at radius 3 is 2.39 bits per heavy atom. The maximum Gasteiger partial charge on any atom is 0.265 e. The van der Waals surface area contributed by atoms with E-state index in [-0.39, 0.29) is 17.3 Å². The van der Waals surface area contributed by atoms with Crippen molar-refractivity contribution >= 4 is 15.9 Å². The van der Waals surface area contributed by atoms with Crippen molar-refractivity contribution in [2.45, 2.75) is 30.7 Å². The van der Waals surface area contributed by atoms with Crippen LogP contribution in [0.3, 0.4) is 0 Å². The van der Waals surface area contributed by atoms with Gasteiger partial charge in [0.25, 0.3) is 5.91 Å². The van der Waals surface area contributed by atoms with Gasteiger partial charge in [-0.05, 0) is 42.7 Å². The Kier molecular flexibility index (Phi) is 6.66. The lowest BCUT2D eigenvalue weighted by atomic mass is 10.1. The number of methoxy groups -OCH3 is 1. The van der Waals surface area contributed by atoms with Crippen LogP contribution in [0.25, 0.3) is 0 Å². The van der Waals surface area contributed by atoms with Crippen LogP contribution in [-0.4, -0.2) is 39.5 Å². The standard InChI is InChI=1S/C20H25N3O4S/c1-27-18-7-3-4-8-19(18)28(25,26)21-15-16-9-11-17(12-10-16)20(24)22-23-13-5-2-6-14-23/h3-4,7-12,21H,2,5-6,13-15H2,1H3,(H,22,24). The van der Waals surface area contributed by atoms with Gasteiger partial charge in [-0.15, -0.1) is 0 Å². The molecule has 28 heavy (non-hydrogen) atoms. The van der Waals surface area contributed by atoms with Gasteiger partial charge in [0.2, 0.25) is 10.0 Å². The number of rotatable bonds is 7. The summed E-state index contributed by atoms with van der Waals surface area (Å²) in [7, 11) is -2.28. The Balaban J connectivity index is 1.60. The smallest absolute Gasteiger partial charge is 0.265 e. The molecule has 8 heteroatoms. The molecule has 0 aromatic heterocycles. The predicted molar refractivity (Wildman–Crippen MR) is 106 cm³/mol. The van der Waals surface area contributed by atoms with Gasteiger partial charge in [0.05, 0.1) is 7.11 Å². The molecule has 1 heterocycles. The van der Waals surface area contributed by atoms with Gasteiger partial charge >= 0.3 is 0 Å². The average molecular weight is 404 g/mol. The van der Waals surface area contributed by atoms with E-state index in [9.17, 15) is 13.2 Å². The molecular weight excluding hydrogens is 378 g/mol. The van der Waals surface area contributed by atoms with Crippen molar-refractivity contribution in [2.75, 3.05) is 20.2 Å². The highest BCUT2D eigenvalue weighted by molar-refractivity contribution is 7.89. The molecule has 150 valence electrons. The van der Waals surface area contributed by atoms with Crippen molar-refractivity contribution in [3.63, 3.8) is 0 Å². The van der Waals surface area contributed by atoms with E-state index in [0.29, 0.717) is 11.3 Å². The van der Waals surface area contributed by atoms with Gasteiger partial charge in [-0.2, -0.15) is 0 Å². The second-order valence-electron chi connectivity index (χ2n) is 6.66. The zero-order chi connectivity index (χ0) is 20.0. The van der Waals surface area contributed by atoms with Gasteiger partial charge in [0.15, 0.2) is 0 Å². The molecular formula is C20H25N3O4S. The number of nitrogens with zero attached hydrogens (tertiary/aromatic N) is 1. The molecule has 1 fully saturated rings. The Hall–Kier alpha value is -2.42. The fraction of sp³-hybridized carbons (Fsp3) is 0.350. The minimum Gasteiger partial charge on any atom is -0.495 e. The number of benzene rings is 2. The third-order valence-corrected chi connectivity index (χ3v) is 6.10. The molecule has 0 aliphatic carbocycles. The maximum atomic E-state index is 12.5. The molecule has 2 aromatic rings. The monoisotopic (exact) mass is 403 g/mol. The van der Waals surface area contributed by atoms with E-state index >= 15 is 0 Å². The molecule has 1 saturated heterocycles. The molecule has 1 amide bonds. The summed E-state index contributed by atoms with van der Waals surface area (Å²) in [6.45, 7) is 1.86. The van der Waals surface area contributed by atoms with E-state index in [0.717, 1.165) is 31.5 Å². The van der Waals surface area contributed by atoms with Gasteiger partial charge in [-0.25, -0.2) is 18.1 Å². The first-order chi connectivity index (χ1) is 13.5. The van der Waals surface area contributed by atoms with E-state index in [1.165, 1.54) is 19.6 Å². The molecule has 0 bridgehead atoms. The summed E-state index contributed by atoms with van der Waals surface area (Å²) in [4.78, 5) is 12.4. The van der Waals surface area contributed by atoms with Crippen molar-refractivity contribution in [3.05, 3.63) is 59.7 Å². The molecule has 3 rings (SSSR count). The molecule has 0 unspecified atom stereocenters. The SMILES string of the molecule is COc1ccccc1S(=O)(=O)NCc1ccc(C(=O)NN2CCCCC2)cc1. The number of ether oxygens (including phenoxy) is 1. The number of hydrogen-bond donors (Lipinski definition) is 2. The Bertz CT molecular complexity index is 907. The van der Waals surface area contributed by atoms with Crippen LogP contribution in [0.15, 0.2) is 53.4 Å². The fourth-order valence-electron chi connectivity index (χ4n) is 3.08. The number of carbonyl (C=O) groups excluding carboxylic acids is 1. The molecule has 2 aromatic carbocycles. The molecule has 0 radical (unpaired) electrons. The van der Waals surface area contributed by atoms with Crippen LogP contribution in [0, 0.1) is 0 Å². The number of hydrogen-bond acceptors (Lipinski definition) is 5. The van der Waals surface area contributed by atoms with Crippen molar-refractivity contribution in [1.29, 1.82) is 0 Å². The summed E-state index contributed by atoms with van der Waals surface area (Å²) < 4.78 is 32.7. The van der Waals surface area contributed by atoms with Crippen molar-refractivity contribution in [3.8, 4) is 5.75 Å². The maximum absolute atomic E-state index is 12.5. The van der Waals surface area contributed by atoms with E-state index < -0.39 is 10.0 Å². The minimum atomic E-state index is -3.71. The van der Waals surface area contributed by atoms with Crippen LogP contribution in [0.4, 0.5) is 0 Å². The van der Waals surface area contributed by atoms with Crippen LogP contribution < -0.4 is 14.9 Å². The van der Waals surface area contributed by atoms with E-state index in [1.807, 2.05) is 5.01 Å². The molecule has 2 N–H and O–H groups in total. The highest BCUT2D eigenvalue weighted by Crippen LogP contribution is 2.22. The zero-order valence-electron chi connectivity index (χ0n) is 15.8. The lowest BCUT2D eigenvalue weighted by Crippen LogP contribution is -2.45. The Labute approximate surface area is 165 Å². The lowest BCUT2D eigenvalue weighted by Gasteiger charge is -2.26. The Morgan fingerprint density at radius 2 is 1.71 bits per heavy atom. The zero-order valence-corrected chi connectivity index (χ0v) is 16.7. The number of nitrogens with one attached hydrogen (secondary N) is 2. The number of carbonyl (C=O) groups is 1. The number of hydrazine groups is 1. The summed E-state index contributed by atoms with van der Waals surface area (Å²) in [6.07, 6.45) is 3.38. The van der Waals surface area contributed by atoms with Crippen LogP contribution in [0.5, 0.6) is 5.75 Å². The number of sulfonamides is 1. The molecule has 7 nitrogen and oxygen atoms in total. The van der Waals surface area contributed by atoms with Crippen molar-refractivity contribution < 1.29 is 17.9 Å². The quantitative estimate of drug-likeness (QED) is 0.741. The first-order valence-electron chi connectivity index (χ1n) is 9.27. The fourth-order valence-corrected chi connectivity index (χ4v) is 4.27. The summed E-state index contributed by atoms with van der Waals surface area (Å²) in [6, 6.07) is 13.3. The normalized spacial score (nSPS) is 15.2. The number of piperidine rings is 1. The average Bonchev–Trinajstić information content (AvgIpc) is 2.73. The van der Waals surface area contributed by atoms with Crippen LogP contribution in [0.1, 0.15) is 35.2 Å². The Morgan fingerprint density at radius 1 is 1.04 bits per heavy atom. The van der Waals surface area contributed by atoms with E-state index in [4.69, 9.17) is 4.74 Å². The number of amides is 1. The molecule has 0 spiro atoms. The predicted octanol–water partition coefficient (Wildman–Crippen LogP) is 2.30. The molecule has 1 aliphatic rings. The van der Waals surface area contributed by atoms with Crippen LogP contribution >= 0.6 is 0 Å². The molecule has 0 atom stereocenters. The van der Waals surface area contributed by atoms with E-state index in [1.54, 1.807) is 42.5 Å². The minimum absolute atomic E-state index is 0.0926. The first-order valence-corrected chi connectivity index (χ1v) is 10.8. The van der Waals surface area contributed by atoms with Gasteiger partial charge in [-0.3, -0.25) is 10.2 Å². The van der Waals surface area contributed by atoms with Gasteiger partial charge in [-0.1, -0.05) is 30.7 Å². The highest BCUT2D eigenvalue weighted by Gasteiger charge is 2.19. The van der Waals surface area contributed by atoms with Gasteiger partial charge in [0, 0.05) is 25.2 Å². The lowest BCUT2D eigenvalue weighted by molar-refractivity contribution is 0.0750.